The summed E-state index contributed by atoms with van der Waals surface area (Å²) < 4.78 is 27.0. The lowest BCUT2D eigenvalue weighted by molar-refractivity contribution is -0.140. The highest BCUT2D eigenvalue weighted by molar-refractivity contribution is 7.91. The predicted octanol–water partition coefficient (Wildman–Crippen LogP) is 2.04. The zero-order chi connectivity index (χ0) is 15.1. The van der Waals surface area contributed by atoms with Gasteiger partial charge in [-0.2, -0.15) is 4.72 Å². The van der Waals surface area contributed by atoms with E-state index in [2.05, 4.69) is 4.72 Å². The zero-order valence-corrected chi connectivity index (χ0v) is 12.5. The summed E-state index contributed by atoms with van der Waals surface area (Å²) in [7, 11) is -3.81. The molecule has 1 unspecified atom stereocenters. The van der Waals surface area contributed by atoms with E-state index in [0.717, 1.165) is 16.9 Å². The summed E-state index contributed by atoms with van der Waals surface area (Å²) in [5.41, 5.74) is -0.613. The molecule has 0 amide bonds. The van der Waals surface area contributed by atoms with E-state index in [1.807, 2.05) is 30.3 Å². The van der Waals surface area contributed by atoms with Gasteiger partial charge in [0, 0.05) is 5.92 Å². The molecule has 1 aliphatic rings. The number of benzene rings is 1. The van der Waals surface area contributed by atoms with Gasteiger partial charge in [0.05, 0.1) is 0 Å². The number of nitrogens with one attached hydrogen (secondary N) is 1. The number of rotatable bonds is 5. The van der Waals surface area contributed by atoms with E-state index >= 15 is 0 Å². The molecule has 5 nitrogen and oxygen atoms in total. The van der Waals surface area contributed by atoms with Crippen LogP contribution in [-0.4, -0.2) is 25.0 Å². The standard InChI is InChI=1S/C14H13NO4S2/c16-13(17)14(9-11(14)10-5-2-1-3-6-10)15-21(18,19)12-7-4-8-20-12/h1-8,11,15H,9H2,(H,16,17)/t11-,14?/m0/s1. The minimum atomic E-state index is -3.81. The van der Waals surface area contributed by atoms with Crippen LogP contribution in [0.3, 0.4) is 0 Å². The van der Waals surface area contributed by atoms with E-state index in [1.165, 1.54) is 6.07 Å². The highest BCUT2D eigenvalue weighted by Gasteiger charge is 2.63. The van der Waals surface area contributed by atoms with E-state index in [1.54, 1.807) is 11.4 Å². The average molecular weight is 323 g/mol. The van der Waals surface area contributed by atoms with E-state index in [0.29, 0.717) is 0 Å². The Morgan fingerprint density at radius 2 is 1.95 bits per heavy atom. The topological polar surface area (TPSA) is 83.5 Å². The molecule has 0 saturated heterocycles. The fourth-order valence-corrected chi connectivity index (χ4v) is 4.85. The highest BCUT2D eigenvalue weighted by atomic mass is 32.2. The maximum atomic E-state index is 12.3. The van der Waals surface area contributed by atoms with Gasteiger partial charge >= 0.3 is 5.97 Å². The normalized spacial score (nSPS) is 24.7. The number of hydrogen-bond donors (Lipinski definition) is 2. The van der Waals surface area contributed by atoms with Crippen LogP contribution in [0.4, 0.5) is 0 Å². The molecule has 0 radical (unpaired) electrons. The van der Waals surface area contributed by atoms with Crippen molar-refractivity contribution in [1.82, 2.24) is 4.72 Å². The lowest BCUT2D eigenvalue weighted by atomic mass is 10.1. The third-order valence-corrected chi connectivity index (χ3v) is 6.53. The number of carbonyl (C=O) groups is 1. The molecule has 7 heteroatoms. The van der Waals surface area contributed by atoms with E-state index in [4.69, 9.17) is 0 Å². The van der Waals surface area contributed by atoms with Crippen LogP contribution in [0.15, 0.2) is 52.1 Å². The lowest BCUT2D eigenvalue weighted by Gasteiger charge is -2.14. The Morgan fingerprint density at radius 1 is 1.24 bits per heavy atom. The number of carboxylic acids is 1. The molecule has 2 aromatic rings. The number of carboxylic acid groups (broad SMARTS) is 1. The molecule has 110 valence electrons. The van der Waals surface area contributed by atoms with Crippen LogP contribution in [0.25, 0.3) is 0 Å². The summed E-state index contributed by atoms with van der Waals surface area (Å²) in [5, 5.41) is 11.1. The second-order valence-electron chi connectivity index (χ2n) is 4.98. The molecule has 1 saturated carbocycles. The smallest absolute Gasteiger partial charge is 0.325 e. The largest absolute Gasteiger partial charge is 0.480 e. The van der Waals surface area contributed by atoms with Crippen LogP contribution in [0.5, 0.6) is 0 Å². The molecule has 0 spiro atoms. The molecule has 0 bridgehead atoms. The van der Waals surface area contributed by atoms with Gasteiger partial charge in [0.15, 0.2) is 0 Å². The molecule has 0 aliphatic heterocycles. The molecule has 3 rings (SSSR count). The van der Waals surface area contributed by atoms with Gasteiger partial charge in [-0.1, -0.05) is 36.4 Å². The second kappa shape index (κ2) is 4.94. The summed E-state index contributed by atoms with van der Waals surface area (Å²) in [5.74, 6) is -1.48. The van der Waals surface area contributed by atoms with E-state index < -0.39 is 21.5 Å². The highest BCUT2D eigenvalue weighted by Crippen LogP contribution is 2.52. The first kappa shape index (κ1) is 14.2. The number of hydrogen-bond acceptors (Lipinski definition) is 4. The number of aliphatic carboxylic acids is 1. The van der Waals surface area contributed by atoms with Gasteiger partial charge < -0.3 is 5.11 Å². The number of thiophene rings is 1. The van der Waals surface area contributed by atoms with Gasteiger partial charge in [-0.15, -0.1) is 11.3 Å². The van der Waals surface area contributed by atoms with Crippen molar-refractivity contribution in [2.45, 2.75) is 22.1 Å². The third kappa shape index (κ3) is 2.48. The number of sulfonamides is 1. The molecule has 1 aromatic heterocycles. The Morgan fingerprint density at radius 3 is 2.52 bits per heavy atom. The minimum absolute atomic E-state index is 0.127. The molecule has 21 heavy (non-hydrogen) atoms. The summed E-state index contributed by atoms with van der Waals surface area (Å²) in [6.07, 6.45) is 0.261. The van der Waals surface area contributed by atoms with Gasteiger partial charge in [0.25, 0.3) is 10.0 Å². The van der Waals surface area contributed by atoms with Crippen molar-refractivity contribution in [2.24, 2.45) is 0 Å². The van der Waals surface area contributed by atoms with Crippen LogP contribution in [0.2, 0.25) is 0 Å². The molecule has 1 fully saturated rings. The van der Waals surface area contributed by atoms with Crippen LogP contribution in [-0.2, 0) is 14.8 Å². The van der Waals surface area contributed by atoms with Gasteiger partial charge in [-0.05, 0) is 23.4 Å². The first-order chi connectivity index (χ1) is 9.96. The van der Waals surface area contributed by atoms with Gasteiger partial charge in [-0.25, -0.2) is 8.42 Å². The maximum Gasteiger partial charge on any atom is 0.325 e. The van der Waals surface area contributed by atoms with Crippen molar-refractivity contribution >= 4 is 27.3 Å². The second-order valence-corrected chi connectivity index (χ2v) is 7.84. The maximum absolute atomic E-state index is 12.3. The fourth-order valence-electron chi connectivity index (χ4n) is 2.45. The fraction of sp³-hybridized carbons (Fsp3) is 0.214. The molecule has 1 aliphatic carbocycles. The minimum Gasteiger partial charge on any atom is -0.480 e. The predicted molar refractivity (Wildman–Crippen MR) is 78.8 cm³/mol. The first-order valence-corrected chi connectivity index (χ1v) is 8.68. The van der Waals surface area contributed by atoms with Crippen molar-refractivity contribution in [3.8, 4) is 0 Å². The van der Waals surface area contributed by atoms with Crippen LogP contribution in [0, 0.1) is 0 Å². The Hall–Kier alpha value is -1.70. The van der Waals surface area contributed by atoms with Crippen LogP contribution >= 0.6 is 11.3 Å². The molecular formula is C14H13NO4S2. The van der Waals surface area contributed by atoms with E-state index in [9.17, 15) is 18.3 Å². The molecule has 1 aromatic carbocycles. The lowest BCUT2D eigenvalue weighted by Crippen LogP contribution is -2.44. The van der Waals surface area contributed by atoms with Crippen molar-refractivity contribution in [2.75, 3.05) is 0 Å². The third-order valence-electron chi connectivity index (χ3n) is 3.62. The van der Waals surface area contributed by atoms with Gasteiger partial charge in [0.2, 0.25) is 0 Å². The molecule has 2 N–H and O–H groups in total. The molecular weight excluding hydrogens is 310 g/mol. The quantitative estimate of drug-likeness (QED) is 0.882. The molecule has 1 heterocycles. The van der Waals surface area contributed by atoms with Crippen molar-refractivity contribution < 1.29 is 18.3 Å². The van der Waals surface area contributed by atoms with Crippen molar-refractivity contribution in [1.29, 1.82) is 0 Å². The van der Waals surface area contributed by atoms with Crippen LogP contribution in [0.1, 0.15) is 17.9 Å². The SMILES string of the molecule is O=C(O)C1(NS(=O)(=O)c2cccs2)C[C@H]1c1ccccc1. The monoisotopic (exact) mass is 323 g/mol. The van der Waals surface area contributed by atoms with E-state index in [-0.39, 0.29) is 16.5 Å². The Bertz CT molecular complexity index is 756. The summed E-state index contributed by atoms with van der Waals surface area (Å²) >= 11 is 1.06. The first-order valence-electron chi connectivity index (χ1n) is 6.31. The van der Waals surface area contributed by atoms with Crippen LogP contribution < -0.4 is 4.72 Å². The Balaban J connectivity index is 1.90. The Labute approximate surface area is 126 Å². The van der Waals surface area contributed by atoms with Crippen molar-refractivity contribution in [3.05, 3.63) is 53.4 Å². The zero-order valence-electron chi connectivity index (χ0n) is 10.9. The van der Waals surface area contributed by atoms with Crippen molar-refractivity contribution in [3.63, 3.8) is 0 Å². The molecule has 2 atom stereocenters. The van der Waals surface area contributed by atoms with Gasteiger partial charge in [0.1, 0.15) is 9.75 Å². The summed E-state index contributed by atoms with van der Waals surface area (Å²) in [4.78, 5) is 11.6. The summed E-state index contributed by atoms with van der Waals surface area (Å²) in [6, 6.07) is 12.2. The Kier molecular flexibility index (Phi) is 3.35. The van der Waals surface area contributed by atoms with Gasteiger partial charge in [-0.3, -0.25) is 4.79 Å². The summed E-state index contributed by atoms with van der Waals surface area (Å²) in [6.45, 7) is 0. The average Bonchev–Trinajstić information content (AvgIpc) is 2.92.